The number of anilines is 1. The normalized spacial score (nSPS) is 19.0. The van der Waals surface area contributed by atoms with Crippen molar-refractivity contribution in [3.8, 4) is 17.0 Å². The monoisotopic (exact) mass is 614 g/mol. The molecule has 3 aromatic heterocycles. The van der Waals surface area contributed by atoms with Crippen LogP contribution in [0.15, 0.2) is 42.7 Å². The highest BCUT2D eigenvalue weighted by atomic mass is 35.5. The largest absolute Gasteiger partial charge is 0.493 e. The molecule has 40 heavy (non-hydrogen) atoms. The first-order chi connectivity index (χ1) is 18.6. The lowest BCUT2D eigenvalue weighted by atomic mass is 10.1. The summed E-state index contributed by atoms with van der Waals surface area (Å²) in [6.45, 7) is 0.604. The minimum Gasteiger partial charge on any atom is -0.493 e. The number of alkyl halides is 3. The second-order valence-electron chi connectivity index (χ2n) is 9.50. The number of aromatic nitrogens is 4. The predicted octanol–water partition coefficient (Wildman–Crippen LogP) is 5.45. The van der Waals surface area contributed by atoms with E-state index in [9.17, 15) is 18.3 Å². The van der Waals surface area contributed by atoms with E-state index in [4.69, 9.17) is 16.3 Å². The van der Waals surface area contributed by atoms with Crippen molar-refractivity contribution >= 4 is 51.4 Å². The van der Waals surface area contributed by atoms with Crippen molar-refractivity contribution in [1.82, 2.24) is 25.5 Å². The van der Waals surface area contributed by atoms with Crippen LogP contribution >= 0.6 is 35.3 Å². The summed E-state index contributed by atoms with van der Waals surface area (Å²) >= 11 is 6.98. The topological polar surface area (TPSA) is 96.3 Å². The van der Waals surface area contributed by atoms with E-state index in [-0.39, 0.29) is 34.5 Å². The van der Waals surface area contributed by atoms with Crippen molar-refractivity contribution in [3.05, 3.63) is 58.3 Å². The van der Waals surface area contributed by atoms with E-state index >= 15 is 0 Å². The Labute approximate surface area is 244 Å². The highest BCUT2D eigenvalue weighted by Gasteiger charge is 2.37. The Morgan fingerprint density at radius 2 is 1.90 bits per heavy atom. The molecular weight excluding hydrogens is 588 g/mol. The first-order valence-corrected chi connectivity index (χ1v) is 13.4. The summed E-state index contributed by atoms with van der Waals surface area (Å²) in [5, 5.41) is 23.2. The van der Waals surface area contributed by atoms with Crippen LogP contribution in [-0.4, -0.2) is 63.8 Å². The molecule has 0 amide bonds. The number of hydrogen-bond acceptors (Lipinski definition) is 9. The summed E-state index contributed by atoms with van der Waals surface area (Å²) in [6, 6.07) is 10.9. The highest BCUT2D eigenvalue weighted by Crippen LogP contribution is 2.36. The molecule has 1 saturated carbocycles. The maximum absolute atomic E-state index is 12.9. The molecule has 1 aromatic carbocycles. The first-order valence-electron chi connectivity index (χ1n) is 12.2. The first kappa shape index (κ1) is 30.2. The molecule has 0 saturated heterocycles. The Bertz CT molecular complexity index is 1460. The number of thiophene rings is 1. The number of nitrogens with one attached hydrogen (secondary N) is 1. The van der Waals surface area contributed by atoms with E-state index < -0.39 is 18.7 Å². The molecular formula is C26H27Cl2F3N6O2S. The van der Waals surface area contributed by atoms with E-state index in [1.165, 1.54) is 19.5 Å². The summed E-state index contributed by atoms with van der Waals surface area (Å²) in [4.78, 5) is 11.0. The van der Waals surface area contributed by atoms with Gasteiger partial charge in [-0.05, 0) is 24.5 Å². The van der Waals surface area contributed by atoms with Gasteiger partial charge in [0.05, 0.1) is 36.8 Å². The standard InChI is InChI=1S/C26H26ClF3N6O2S.ClH/c1-36(24-18-9-17(11-26(28,29)30)39-25(18)33-13-32-24)20-7-16(8-21(20)37)31-12-14-3-5-15(6-4-14)19-10-22(38-2)23(27)35-34-19;/h3-6,9-10,13,16,20-21,31,37H,7-8,11-12H2,1-2H3;1H/t16-,20+,21-;/m1./s1. The third kappa shape index (κ3) is 6.74. The molecule has 0 unspecified atom stereocenters. The third-order valence-electron chi connectivity index (χ3n) is 6.84. The van der Waals surface area contributed by atoms with Gasteiger partial charge in [0.2, 0.25) is 0 Å². The number of aliphatic hydroxyl groups excluding tert-OH is 1. The fraction of sp³-hybridized carbons (Fsp3) is 0.385. The zero-order valence-corrected chi connectivity index (χ0v) is 23.9. The molecule has 0 bridgehead atoms. The Balaban J connectivity index is 0.00000370. The minimum absolute atomic E-state index is 0. The lowest BCUT2D eigenvalue weighted by molar-refractivity contribution is -0.126. The number of methoxy groups -OCH3 is 1. The Kier molecular flexibility index (Phi) is 9.36. The molecule has 214 valence electrons. The molecule has 3 heterocycles. The number of likely N-dealkylation sites (N-methyl/N-ethyl adjacent to an activating group) is 1. The van der Waals surface area contributed by atoms with Crippen LogP contribution in [-0.2, 0) is 13.0 Å². The van der Waals surface area contributed by atoms with Gasteiger partial charge in [0.1, 0.15) is 17.0 Å². The maximum atomic E-state index is 12.9. The second-order valence-corrected chi connectivity index (χ2v) is 11.0. The summed E-state index contributed by atoms with van der Waals surface area (Å²) in [6.07, 6.45) is -3.36. The van der Waals surface area contributed by atoms with E-state index in [1.54, 1.807) is 6.07 Å². The van der Waals surface area contributed by atoms with E-state index in [1.807, 2.05) is 36.2 Å². The van der Waals surface area contributed by atoms with Crippen molar-refractivity contribution in [1.29, 1.82) is 0 Å². The number of benzene rings is 1. The molecule has 8 nitrogen and oxygen atoms in total. The Morgan fingerprint density at radius 3 is 2.60 bits per heavy atom. The van der Waals surface area contributed by atoms with Gasteiger partial charge in [-0.2, -0.15) is 13.2 Å². The number of aliphatic hydroxyl groups is 1. The van der Waals surface area contributed by atoms with E-state index in [0.29, 0.717) is 46.9 Å². The molecule has 14 heteroatoms. The summed E-state index contributed by atoms with van der Waals surface area (Å²) in [5.41, 5.74) is 2.59. The van der Waals surface area contributed by atoms with Crippen LogP contribution in [0.2, 0.25) is 5.15 Å². The van der Waals surface area contributed by atoms with Crippen molar-refractivity contribution < 1.29 is 23.0 Å². The summed E-state index contributed by atoms with van der Waals surface area (Å²) in [5.74, 6) is 0.974. The summed E-state index contributed by atoms with van der Waals surface area (Å²) < 4.78 is 43.9. The van der Waals surface area contributed by atoms with Crippen molar-refractivity contribution in [2.75, 3.05) is 19.1 Å². The molecule has 0 aliphatic heterocycles. The van der Waals surface area contributed by atoms with Crippen LogP contribution < -0.4 is 15.0 Å². The number of nitrogens with zero attached hydrogens (tertiary/aromatic N) is 5. The molecule has 0 spiro atoms. The zero-order valence-electron chi connectivity index (χ0n) is 21.5. The quantitative estimate of drug-likeness (QED) is 0.270. The molecule has 3 atom stereocenters. The average molecular weight is 616 g/mol. The van der Waals surface area contributed by atoms with Gasteiger partial charge in [-0.15, -0.1) is 33.9 Å². The molecule has 1 aliphatic carbocycles. The van der Waals surface area contributed by atoms with E-state index in [2.05, 4.69) is 25.5 Å². The fourth-order valence-corrected chi connectivity index (χ4v) is 6.08. The van der Waals surface area contributed by atoms with Gasteiger partial charge in [0.25, 0.3) is 0 Å². The van der Waals surface area contributed by atoms with Crippen molar-refractivity contribution in [3.63, 3.8) is 0 Å². The van der Waals surface area contributed by atoms with Gasteiger partial charge in [-0.25, -0.2) is 9.97 Å². The Morgan fingerprint density at radius 1 is 1.15 bits per heavy atom. The predicted molar refractivity (Wildman–Crippen MR) is 152 cm³/mol. The number of rotatable bonds is 8. The fourth-order valence-electron chi connectivity index (χ4n) is 4.89. The SMILES string of the molecule is COc1cc(-c2ccc(CN[C@H]3C[C@@H](O)[C@@H](N(C)c4ncnc5sc(CC(F)(F)F)cc45)C3)cc2)nnc1Cl.Cl. The number of ether oxygens (including phenoxy) is 1. The van der Waals surface area contributed by atoms with Crippen LogP contribution in [0.1, 0.15) is 23.3 Å². The van der Waals surface area contributed by atoms with Crippen LogP contribution in [0, 0.1) is 0 Å². The van der Waals surface area contributed by atoms with Gasteiger partial charge in [0, 0.05) is 36.1 Å². The lowest BCUT2D eigenvalue weighted by Crippen LogP contribution is -2.38. The van der Waals surface area contributed by atoms with Gasteiger partial charge < -0.3 is 20.1 Å². The minimum atomic E-state index is -4.29. The van der Waals surface area contributed by atoms with Gasteiger partial charge >= 0.3 is 6.18 Å². The second kappa shape index (κ2) is 12.4. The molecule has 2 N–H and O–H groups in total. The third-order valence-corrected chi connectivity index (χ3v) is 8.15. The van der Waals surface area contributed by atoms with Crippen LogP contribution in [0.3, 0.4) is 0 Å². The van der Waals surface area contributed by atoms with E-state index in [0.717, 1.165) is 22.5 Å². The number of fused-ring (bicyclic) bond motifs is 1. The van der Waals surface area contributed by atoms with Gasteiger partial charge in [-0.1, -0.05) is 35.9 Å². The van der Waals surface area contributed by atoms with Crippen molar-refractivity contribution in [2.24, 2.45) is 0 Å². The highest BCUT2D eigenvalue weighted by molar-refractivity contribution is 7.18. The number of hydrogen-bond donors (Lipinski definition) is 2. The number of halogens is 5. The zero-order chi connectivity index (χ0) is 27.7. The van der Waals surface area contributed by atoms with Crippen LogP contribution in [0.25, 0.3) is 21.5 Å². The van der Waals surface area contributed by atoms with Gasteiger partial charge in [0.15, 0.2) is 10.9 Å². The molecule has 4 aromatic rings. The van der Waals surface area contributed by atoms with Crippen LogP contribution in [0.5, 0.6) is 5.75 Å². The molecule has 1 fully saturated rings. The summed E-state index contributed by atoms with van der Waals surface area (Å²) in [7, 11) is 3.33. The molecule has 0 radical (unpaired) electrons. The smallest absolute Gasteiger partial charge is 0.393 e. The lowest BCUT2D eigenvalue weighted by Gasteiger charge is -2.28. The molecule has 1 aliphatic rings. The maximum Gasteiger partial charge on any atom is 0.393 e. The molecule has 5 rings (SSSR count). The van der Waals surface area contributed by atoms with Crippen molar-refractivity contribution in [2.45, 2.75) is 50.2 Å². The Hall–Kier alpha value is -2.77. The van der Waals surface area contributed by atoms with Gasteiger partial charge in [-0.3, -0.25) is 0 Å². The average Bonchev–Trinajstić information content (AvgIpc) is 3.48. The van der Waals surface area contributed by atoms with Crippen LogP contribution in [0.4, 0.5) is 19.0 Å².